The Kier molecular flexibility index (Phi) is 3.59. The van der Waals surface area contributed by atoms with Gasteiger partial charge < -0.3 is 0 Å². The molecular weight excluding hydrogens is 313 g/mol. The fraction of sp³-hybridized carbons (Fsp3) is 0.273. The minimum absolute atomic E-state index is 0.146. The quantitative estimate of drug-likeness (QED) is 0.793. The summed E-state index contributed by atoms with van der Waals surface area (Å²) in [7, 11) is -3.26. The fourth-order valence-corrected chi connectivity index (χ4v) is 2.59. The van der Waals surface area contributed by atoms with E-state index in [0.29, 0.717) is 0 Å². The average Bonchev–Trinajstić information content (AvgIpc) is 2.50. The third-order valence-corrected chi connectivity index (χ3v) is 4.34. The summed E-state index contributed by atoms with van der Waals surface area (Å²) in [5.74, 6) is -1.38. The lowest BCUT2D eigenvalue weighted by molar-refractivity contribution is 0.0664. The van der Waals surface area contributed by atoms with Gasteiger partial charge in [0.1, 0.15) is 9.84 Å². The first-order valence-electron chi connectivity index (χ1n) is 5.23. The molecule has 1 aromatic carbocycles. The van der Waals surface area contributed by atoms with Gasteiger partial charge in [0.15, 0.2) is 0 Å². The van der Waals surface area contributed by atoms with E-state index in [1.54, 1.807) is 0 Å². The van der Waals surface area contributed by atoms with Crippen molar-refractivity contribution in [2.45, 2.75) is 0 Å². The molecule has 2 amide bonds. The van der Waals surface area contributed by atoms with Crippen LogP contribution >= 0.6 is 23.2 Å². The zero-order valence-corrected chi connectivity index (χ0v) is 12.1. The van der Waals surface area contributed by atoms with E-state index in [0.717, 1.165) is 11.2 Å². The van der Waals surface area contributed by atoms with Gasteiger partial charge in [0.25, 0.3) is 11.8 Å². The van der Waals surface area contributed by atoms with Crippen molar-refractivity contribution in [3.05, 3.63) is 33.3 Å². The second kappa shape index (κ2) is 4.77. The third kappa shape index (κ3) is 2.75. The van der Waals surface area contributed by atoms with Gasteiger partial charge in [-0.3, -0.25) is 14.5 Å². The highest BCUT2D eigenvalue weighted by Gasteiger charge is 2.36. The van der Waals surface area contributed by atoms with Crippen molar-refractivity contribution in [2.24, 2.45) is 0 Å². The van der Waals surface area contributed by atoms with Gasteiger partial charge >= 0.3 is 0 Å². The highest BCUT2D eigenvalue weighted by atomic mass is 35.5. The van der Waals surface area contributed by atoms with Crippen LogP contribution < -0.4 is 0 Å². The van der Waals surface area contributed by atoms with Crippen LogP contribution in [0.3, 0.4) is 0 Å². The molecule has 0 N–H and O–H groups in total. The molecule has 8 heteroatoms. The molecule has 5 nitrogen and oxygen atoms in total. The van der Waals surface area contributed by atoms with Crippen molar-refractivity contribution in [3.8, 4) is 0 Å². The van der Waals surface area contributed by atoms with E-state index in [9.17, 15) is 18.0 Å². The number of carbonyl (C=O) groups excluding carboxylic acids is 2. The number of rotatable bonds is 3. The highest BCUT2D eigenvalue weighted by Crippen LogP contribution is 2.31. The third-order valence-electron chi connectivity index (χ3n) is 2.70. The van der Waals surface area contributed by atoms with E-state index >= 15 is 0 Å². The Hall–Kier alpha value is -1.11. The van der Waals surface area contributed by atoms with E-state index in [2.05, 4.69) is 0 Å². The molecule has 0 aliphatic carbocycles. The summed E-state index contributed by atoms with van der Waals surface area (Å²) in [5.41, 5.74) is 0.292. The molecule has 0 radical (unpaired) electrons. The normalized spacial score (nSPS) is 15.0. The zero-order chi connectivity index (χ0) is 14.4. The lowest BCUT2D eigenvalue weighted by atomic mass is 10.1. The number of hydrogen-bond acceptors (Lipinski definition) is 4. The smallest absolute Gasteiger partial charge is 0.261 e. The predicted molar refractivity (Wildman–Crippen MR) is 71.5 cm³/mol. The van der Waals surface area contributed by atoms with Gasteiger partial charge in [0.2, 0.25) is 0 Å². The summed E-state index contributed by atoms with van der Waals surface area (Å²) < 4.78 is 22.2. The largest absolute Gasteiger partial charge is 0.273 e. The van der Waals surface area contributed by atoms with E-state index in [1.807, 2.05) is 0 Å². The molecule has 0 atom stereocenters. The van der Waals surface area contributed by atoms with E-state index < -0.39 is 21.7 Å². The number of fused-ring (bicyclic) bond motifs is 1. The zero-order valence-electron chi connectivity index (χ0n) is 9.81. The second-order valence-corrected chi connectivity index (χ2v) is 7.28. The van der Waals surface area contributed by atoms with Crippen molar-refractivity contribution >= 4 is 44.9 Å². The molecule has 102 valence electrons. The summed E-state index contributed by atoms with van der Waals surface area (Å²) in [5, 5.41) is 0.345. The first kappa shape index (κ1) is 14.3. The van der Waals surface area contributed by atoms with E-state index in [1.165, 1.54) is 12.1 Å². The Morgan fingerprint density at radius 2 is 1.47 bits per heavy atom. The van der Waals surface area contributed by atoms with Crippen LogP contribution in [0.4, 0.5) is 0 Å². The second-order valence-electron chi connectivity index (χ2n) is 4.20. The maximum atomic E-state index is 12.0. The number of carbonyl (C=O) groups is 2. The molecule has 0 aromatic heterocycles. The van der Waals surface area contributed by atoms with Gasteiger partial charge in [-0.25, -0.2) is 8.42 Å². The lowest BCUT2D eigenvalue weighted by Crippen LogP contribution is -2.34. The Morgan fingerprint density at radius 1 is 1.05 bits per heavy atom. The number of hydrogen-bond donors (Lipinski definition) is 0. The molecular formula is C11H9Cl2NO4S. The first-order valence-corrected chi connectivity index (χ1v) is 8.05. The fourth-order valence-electron chi connectivity index (χ4n) is 1.74. The van der Waals surface area contributed by atoms with Crippen molar-refractivity contribution in [3.63, 3.8) is 0 Å². The molecule has 2 rings (SSSR count). The van der Waals surface area contributed by atoms with Gasteiger partial charge in [-0.15, -0.1) is 0 Å². The maximum Gasteiger partial charge on any atom is 0.261 e. The minimum atomic E-state index is -3.26. The first-order chi connectivity index (χ1) is 8.70. The maximum absolute atomic E-state index is 12.0. The van der Waals surface area contributed by atoms with Gasteiger partial charge in [-0.05, 0) is 12.1 Å². The van der Waals surface area contributed by atoms with Crippen LogP contribution in [0.5, 0.6) is 0 Å². The van der Waals surface area contributed by atoms with Gasteiger partial charge in [0.05, 0.1) is 26.9 Å². The van der Waals surface area contributed by atoms with Crippen molar-refractivity contribution in [1.82, 2.24) is 4.90 Å². The lowest BCUT2D eigenvalue weighted by Gasteiger charge is -2.12. The van der Waals surface area contributed by atoms with Crippen LogP contribution in [0, 0.1) is 0 Å². The Balaban J connectivity index is 2.34. The topological polar surface area (TPSA) is 71.5 Å². The molecule has 1 heterocycles. The predicted octanol–water partition coefficient (Wildman–Crippen LogP) is 1.63. The number of sulfone groups is 1. The molecule has 0 saturated heterocycles. The Morgan fingerprint density at radius 3 is 1.84 bits per heavy atom. The van der Waals surface area contributed by atoms with Gasteiger partial charge in [-0.1, -0.05) is 23.2 Å². The average molecular weight is 322 g/mol. The monoisotopic (exact) mass is 321 g/mol. The Labute approximate surface area is 120 Å². The Bertz CT molecular complexity index is 643. The van der Waals surface area contributed by atoms with Crippen LogP contribution in [-0.4, -0.2) is 43.7 Å². The summed E-state index contributed by atoms with van der Waals surface area (Å²) in [6, 6.07) is 2.64. The van der Waals surface area contributed by atoms with Crippen molar-refractivity contribution < 1.29 is 18.0 Å². The molecule has 0 spiro atoms. The van der Waals surface area contributed by atoms with Crippen LogP contribution in [0.1, 0.15) is 20.7 Å². The van der Waals surface area contributed by atoms with Gasteiger partial charge in [0, 0.05) is 12.8 Å². The van der Waals surface area contributed by atoms with E-state index in [4.69, 9.17) is 23.2 Å². The molecule has 0 unspecified atom stereocenters. The number of nitrogens with zero attached hydrogens (tertiary/aromatic N) is 1. The summed E-state index contributed by atoms with van der Waals surface area (Å²) in [6.45, 7) is -0.180. The van der Waals surface area contributed by atoms with E-state index in [-0.39, 0.29) is 33.5 Å². The number of imide groups is 1. The minimum Gasteiger partial charge on any atom is -0.273 e. The van der Waals surface area contributed by atoms with Crippen LogP contribution in [0.2, 0.25) is 10.0 Å². The van der Waals surface area contributed by atoms with Crippen LogP contribution in [0.25, 0.3) is 0 Å². The molecule has 0 bridgehead atoms. The number of halogens is 2. The van der Waals surface area contributed by atoms with Crippen LogP contribution in [-0.2, 0) is 9.84 Å². The molecule has 1 aliphatic heterocycles. The SMILES string of the molecule is CS(=O)(=O)CCN1C(=O)c2cc(Cl)c(Cl)cc2C1=O. The number of amides is 2. The molecule has 0 fully saturated rings. The standard InChI is InChI=1S/C11H9Cl2NO4S/c1-19(17,18)3-2-14-10(15)6-4-8(12)9(13)5-7(6)11(14)16/h4-5H,2-3H2,1H3. The molecule has 1 aliphatic rings. The summed E-state index contributed by atoms with van der Waals surface area (Å²) >= 11 is 11.6. The van der Waals surface area contributed by atoms with Gasteiger partial charge in [-0.2, -0.15) is 0 Å². The molecule has 0 saturated carbocycles. The summed E-state index contributed by atoms with van der Waals surface area (Å²) in [6.07, 6.45) is 1.04. The van der Waals surface area contributed by atoms with Crippen molar-refractivity contribution in [2.75, 3.05) is 18.6 Å². The van der Waals surface area contributed by atoms with Crippen LogP contribution in [0.15, 0.2) is 12.1 Å². The molecule has 19 heavy (non-hydrogen) atoms. The van der Waals surface area contributed by atoms with Crippen molar-refractivity contribution in [1.29, 1.82) is 0 Å². The highest BCUT2D eigenvalue weighted by molar-refractivity contribution is 7.90. The molecule has 1 aromatic rings. The summed E-state index contributed by atoms with van der Waals surface area (Å²) in [4.78, 5) is 24.9. The number of benzene rings is 1.